The predicted octanol–water partition coefficient (Wildman–Crippen LogP) is 0.777. The van der Waals surface area contributed by atoms with Crippen molar-refractivity contribution in [3.63, 3.8) is 0 Å². The minimum absolute atomic E-state index is 0.135. The zero-order chi connectivity index (χ0) is 12.8. The van der Waals surface area contributed by atoms with Crippen molar-refractivity contribution in [1.29, 1.82) is 0 Å². The zero-order valence-corrected chi connectivity index (χ0v) is 10.4. The SMILES string of the molecule is COc1cc(C)c(NC(CO)CO)cc1OC. The topological polar surface area (TPSA) is 71.0 Å². The normalized spacial score (nSPS) is 10.5. The highest BCUT2D eigenvalue weighted by Gasteiger charge is 2.11. The number of rotatable bonds is 6. The van der Waals surface area contributed by atoms with Crippen LogP contribution >= 0.6 is 0 Å². The van der Waals surface area contributed by atoms with Crippen LogP contribution in [0.2, 0.25) is 0 Å². The fourth-order valence-electron chi connectivity index (χ4n) is 1.51. The maximum absolute atomic E-state index is 9.03. The molecule has 1 rings (SSSR count). The number of aliphatic hydroxyl groups is 2. The Morgan fingerprint density at radius 1 is 1.12 bits per heavy atom. The molecule has 96 valence electrons. The van der Waals surface area contributed by atoms with Gasteiger partial charge in [-0.1, -0.05) is 0 Å². The van der Waals surface area contributed by atoms with E-state index in [1.165, 1.54) is 0 Å². The third-order valence-electron chi connectivity index (χ3n) is 2.53. The lowest BCUT2D eigenvalue weighted by Gasteiger charge is -2.18. The van der Waals surface area contributed by atoms with Crippen LogP contribution in [0.3, 0.4) is 0 Å². The Labute approximate surface area is 101 Å². The highest BCUT2D eigenvalue weighted by Crippen LogP contribution is 2.33. The second-order valence-electron chi connectivity index (χ2n) is 3.73. The monoisotopic (exact) mass is 241 g/mol. The summed E-state index contributed by atoms with van der Waals surface area (Å²) in [6, 6.07) is 3.24. The van der Waals surface area contributed by atoms with Crippen molar-refractivity contribution in [1.82, 2.24) is 0 Å². The van der Waals surface area contributed by atoms with E-state index in [4.69, 9.17) is 19.7 Å². The van der Waals surface area contributed by atoms with Crippen molar-refractivity contribution in [2.24, 2.45) is 0 Å². The lowest BCUT2D eigenvalue weighted by atomic mass is 10.1. The summed E-state index contributed by atoms with van der Waals surface area (Å²) in [7, 11) is 3.14. The largest absolute Gasteiger partial charge is 0.493 e. The molecule has 0 unspecified atom stereocenters. The minimum atomic E-state index is -0.383. The van der Waals surface area contributed by atoms with Crippen molar-refractivity contribution in [2.45, 2.75) is 13.0 Å². The van der Waals surface area contributed by atoms with E-state index in [-0.39, 0.29) is 19.3 Å². The molecule has 0 saturated carbocycles. The minimum Gasteiger partial charge on any atom is -0.493 e. The van der Waals surface area contributed by atoms with Gasteiger partial charge >= 0.3 is 0 Å². The molecule has 0 saturated heterocycles. The highest BCUT2D eigenvalue weighted by molar-refractivity contribution is 5.60. The van der Waals surface area contributed by atoms with Gasteiger partial charge in [-0.2, -0.15) is 0 Å². The molecule has 0 fully saturated rings. The summed E-state index contributed by atoms with van der Waals surface area (Å²) in [5.74, 6) is 1.26. The quantitative estimate of drug-likeness (QED) is 0.686. The average Bonchev–Trinajstić information content (AvgIpc) is 2.36. The molecule has 0 aliphatic heterocycles. The molecule has 0 bridgehead atoms. The number of methoxy groups -OCH3 is 2. The summed E-state index contributed by atoms with van der Waals surface area (Å²) in [4.78, 5) is 0. The van der Waals surface area contributed by atoms with Crippen LogP contribution in [0.4, 0.5) is 5.69 Å². The number of benzene rings is 1. The van der Waals surface area contributed by atoms with E-state index in [1.807, 2.05) is 13.0 Å². The summed E-state index contributed by atoms with van der Waals surface area (Å²) in [5.41, 5.74) is 1.75. The maximum atomic E-state index is 9.03. The van der Waals surface area contributed by atoms with E-state index in [9.17, 15) is 0 Å². The molecular weight excluding hydrogens is 222 g/mol. The summed E-state index contributed by atoms with van der Waals surface area (Å²) in [5, 5.41) is 21.1. The zero-order valence-electron chi connectivity index (χ0n) is 10.4. The molecule has 1 aromatic rings. The molecule has 0 heterocycles. The van der Waals surface area contributed by atoms with Gasteiger partial charge in [-0.25, -0.2) is 0 Å². The first-order valence-corrected chi connectivity index (χ1v) is 5.37. The first-order valence-electron chi connectivity index (χ1n) is 5.37. The first kappa shape index (κ1) is 13.6. The van der Waals surface area contributed by atoms with Gasteiger partial charge in [-0.15, -0.1) is 0 Å². The number of aliphatic hydroxyl groups excluding tert-OH is 2. The number of hydrogen-bond donors (Lipinski definition) is 3. The molecule has 5 nitrogen and oxygen atoms in total. The molecule has 0 amide bonds. The first-order chi connectivity index (χ1) is 8.15. The fourth-order valence-corrected chi connectivity index (χ4v) is 1.51. The Bertz CT molecular complexity index is 364. The van der Waals surface area contributed by atoms with Gasteiger partial charge in [0.1, 0.15) is 0 Å². The van der Waals surface area contributed by atoms with E-state index in [0.29, 0.717) is 11.5 Å². The molecule has 0 atom stereocenters. The fraction of sp³-hybridized carbons (Fsp3) is 0.500. The predicted molar refractivity (Wildman–Crippen MR) is 65.9 cm³/mol. The summed E-state index contributed by atoms with van der Waals surface area (Å²) < 4.78 is 10.4. The molecule has 0 spiro atoms. The van der Waals surface area contributed by atoms with E-state index < -0.39 is 0 Å². The number of anilines is 1. The van der Waals surface area contributed by atoms with Crippen LogP contribution in [0, 0.1) is 6.92 Å². The Morgan fingerprint density at radius 2 is 1.65 bits per heavy atom. The number of aryl methyl sites for hydroxylation is 1. The van der Waals surface area contributed by atoms with Crippen molar-refractivity contribution >= 4 is 5.69 Å². The summed E-state index contributed by atoms with van der Waals surface area (Å²) in [6.07, 6.45) is 0. The van der Waals surface area contributed by atoms with Crippen LogP contribution in [0.15, 0.2) is 12.1 Å². The van der Waals surface area contributed by atoms with Gasteiger partial charge in [0.25, 0.3) is 0 Å². The lowest BCUT2D eigenvalue weighted by Crippen LogP contribution is -2.28. The molecular formula is C12H19NO4. The van der Waals surface area contributed by atoms with Crippen LogP contribution < -0.4 is 14.8 Å². The molecule has 0 aliphatic carbocycles. The molecule has 3 N–H and O–H groups in total. The molecule has 0 aliphatic rings. The van der Waals surface area contributed by atoms with Gasteiger partial charge < -0.3 is 25.0 Å². The number of hydrogen-bond acceptors (Lipinski definition) is 5. The third-order valence-corrected chi connectivity index (χ3v) is 2.53. The second kappa shape index (κ2) is 6.32. The molecule has 0 aromatic heterocycles. The third kappa shape index (κ3) is 3.25. The Kier molecular flexibility index (Phi) is 5.06. The van der Waals surface area contributed by atoms with Crippen LogP contribution in [0.1, 0.15) is 5.56 Å². The van der Waals surface area contributed by atoms with Crippen molar-refractivity contribution in [3.8, 4) is 11.5 Å². The standard InChI is InChI=1S/C12H19NO4/c1-8-4-11(16-2)12(17-3)5-10(8)13-9(6-14)7-15/h4-5,9,13-15H,6-7H2,1-3H3. The molecule has 1 aromatic carbocycles. The van der Waals surface area contributed by atoms with Crippen molar-refractivity contribution in [2.75, 3.05) is 32.8 Å². The molecule has 0 radical (unpaired) electrons. The van der Waals surface area contributed by atoms with E-state index in [1.54, 1.807) is 20.3 Å². The smallest absolute Gasteiger partial charge is 0.162 e. The molecule has 5 heteroatoms. The van der Waals surface area contributed by atoms with Crippen LogP contribution in [-0.2, 0) is 0 Å². The van der Waals surface area contributed by atoms with E-state index in [2.05, 4.69) is 5.32 Å². The lowest BCUT2D eigenvalue weighted by molar-refractivity contribution is 0.204. The van der Waals surface area contributed by atoms with Gasteiger partial charge in [0.2, 0.25) is 0 Å². The summed E-state index contributed by atoms with van der Waals surface area (Å²) in [6.45, 7) is 1.64. The van der Waals surface area contributed by atoms with Crippen LogP contribution in [0.5, 0.6) is 11.5 Å². The Hall–Kier alpha value is -1.46. The highest BCUT2D eigenvalue weighted by atomic mass is 16.5. The maximum Gasteiger partial charge on any atom is 0.162 e. The van der Waals surface area contributed by atoms with Gasteiger partial charge in [-0.05, 0) is 18.6 Å². The van der Waals surface area contributed by atoms with Crippen molar-refractivity contribution < 1.29 is 19.7 Å². The van der Waals surface area contributed by atoms with E-state index in [0.717, 1.165) is 11.3 Å². The van der Waals surface area contributed by atoms with Gasteiger partial charge in [0.15, 0.2) is 11.5 Å². The second-order valence-corrected chi connectivity index (χ2v) is 3.73. The summed E-state index contributed by atoms with van der Waals surface area (Å²) >= 11 is 0. The van der Waals surface area contributed by atoms with Crippen molar-refractivity contribution in [3.05, 3.63) is 17.7 Å². The van der Waals surface area contributed by atoms with Gasteiger partial charge in [0, 0.05) is 11.8 Å². The van der Waals surface area contributed by atoms with Crippen LogP contribution in [0.25, 0.3) is 0 Å². The molecule has 17 heavy (non-hydrogen) atoms. The van der Waals surface area contributed by atoms with E-state index >= 15 is 0 Å². The van der Waals surface area contributed by atoms with Gasteiger partial charge in [-0.3, -0.25) is 0 Å². The average molecular weight is 241 g/mol. The van der Waals surface area contributed by atoms with Gasteiger partial charge in [0.05, 0.1) is 33.5 Å². The Balaban J connectivity index is 2.99. The van der Waals surface area contributed by atoms with Crippen LogP contribution in [-0.4, -0.2) is 43.7 Å². The number of ether oxygens (including phenoxy) is 2. The Morgan fingerprint density at radius 3 is 2.12 bits per heavy atom. The number of nitrogens with one attached hydrogen (secondary N) is 1.